The second-order valence-electron chi connectivity index (χ2n) is 3.36. The van der Waals surface area contributed by atoms with Crippen LogP contribution in [0.25, 0.3) is 0 Å². The van der Waals surface area contributed by atoms with Crippen LogP contribution in [0.3, 0.4) is 0 Å². The number of ether oxygens (including phenoxy) is 1. The molecule has 0 aliphatic rings. The van der Waals surface area contributed by atoms with E-state index in [0.29, 0.717) is 13.0 Å². The van der Waals surface area contributed by atoms with Gasteiger partial charge in [0.1, 0.15) is 6.20 Å². The standard InChI is InChI=1S/C11H17N2O2/c1-2-15-11(14)6-4-3-5-8-13-9-7-12-10-13/h9-10H,2-6,8H2,1H3. The number of hydrogen-bond acceptors (Lipinski definition) is 3. The smallest absolute Gasteiger partial charge is 0.305 e. The molecule has 0 amide bonds. The molecule has 0 aromatic carbocycles. The summed E-state index contributed by atoms with van der Waals surface area (Å²) in [6.07, 6.45) is 9.85. The number of aromatic nitrogens is 2. The van der Waals surface area contributed by atoms with Crippen molar-refractivity contribution < 1.29 is 9.53 Å². The lowest BCUT2D eigenvalue weighted by Gasteiger charge is -2.02. The van der Waals surface area contributed by atoms with Gasteiger partial charge >= 0.3 is 5.97 Å². The number of rotatable bonds is 7. The molecular formula is C11H17N2O2. The van der Waals surface area contributed by atoms with Crippen molar-refractivity contribution in [2.45, 2.75) is 39.2 Å². The SMILES string of the molecule is CCOC(=O)CCCCCn1c[c]nc1. The molecule has 1 rings (SSSR count). The minimum atomic E-state index is -0.0894. The number of esters is 1. The maximum atomic E-state index is 11.0. The topological polar surface area (TPSA) is 44.1 Å². The van der Waals surface area contributed by atoms with Gasteiger partial charge in [-0.1, -0.05) is 6.42 Å². The van der Waals surface area contributed by atoms with Gasteiger partial charge in [0.05, 0.1) is 12.9 Å². The van der Waals surface area contributed by atoms with Crippen LogP contribution in [-0.2, 0) is 16.1 Å². The lowest BCUT2D eigenvalue weighted by Crippen LogP contribution is -2.03. The van der Waals surface area contributed by atoms with Gasteiger partial charge in [-0.2, -0.15) is 0 Å². The highest BCUT2D eigenvalue weighted by Gasteiger charge is 2.00. The fourth-order valence-electron chi connectivity index (χ4n) is 1.34. The van der Waals surface area contributed by atoms with E-state index in [1.165, 1.54) is 0 Å². The minimum Gasteiger partial charge on any atom is -0.466 e. The van der Waals surface area contributed by atoms with Gasteiger partial charge in [-0.3, -0.25) is 4.79 Å². The summed E-state index contributed by atoms with van der Waals surface area (Å²) in [6.45, 7) is 3.25. The maximum Gasteiger partial charge on any atom is 0.305 e. The van der Waals surface area contributed by atoms with Crippen molar-refractivity contribution in [3.63, 3.8) is 0 Å². The number of carbonyl (C=O) groups is 1. The molecule has 0 fully saturated rings. The average Bonchev–Trinajstić information content (AvgIpc) is 2.70. The maximum absolute atomic E-state index is 11.0. The molecule has 0 atom stereocenters. The van der Waals surface area contributed by atoms with E-state index in [-0.39, 0.29) is 5.97 Å². The molecule has 0 spiro atoms. The Kier molecular flexibility index (Phi) is 5.51. The Labute approximate surface area is 90.3 Å². The molecule has 0 bridgehead atoms. The molecule has 15 heavy (non-hydrogen) atoms. The van der Waals surface area contributed by atoms with Crippen LogP contribution in [-0.4, -0.2) is 22.1 Å². The van der Waals surface area contributed by atoms with Gasteiger partial charge < -0.3 is 9.30 Å². The Bertz CT molecular complexity index is 270. The Hall–Kier alpha value is -1.32. The normalized spacial score (nSPS) is 10.2. The van der Waals surface area contributed by atoms with Gasteiger partial charge in [0.15, 0.2) is 0 Å². The predicted molar refractivity (Wildman–Crippen MR) is 56.2 cm³/mol. The molecule has 4 heteroatoms. The molecule has 1 aromatic heterocycles. The Morgan fingerprint density at radius 2 is 2.33 bits per heavy atom. The molecule has 0 saturated carbocycles. The Morgan fingerprint density at radius 1 is 1.47 bits per heavy atom. The predicted octanol–water partition coefficient (Wildman–Crippen LogP) is 1.81. The average molecular weight is 209 g/mol. The van der Waals surface area contributed by atoms with Crippen molar-refractivity contribution in [3.05, 3.63) is 18.7 Å². The summed E-state index contributed by atoms with van der Waals surface area (Å²) in [7, 11) is 0. The second kappa shape index (κ2) is 7.04. The summed E-state index contributed by atoms with van der Waals surface area (Å²) in [5, 5.41) is 0. The third-order valence-corrected chi connectivity index (χ3v) is 2.11. The van der Waals surface area contributed by atoms with Crippen molar-refractivity contribution in [2.24, 2.45) is 0 Å². The van der Waals surface area contributed by atoms with E-state index in [4.69, 9.17) is 4.74 Å². The molecule has 0 aliphatic heterocycles. The van der Waals surface area contributed by atoms with E-state index in [1.54, 1.807) is 6.33 Å². The minimum absolute atomic E-state index is 0.0894. The third kappa shape index (κ3) is 5.20. The molecule has 0 N–H and O–H groups in total. The van der Waals surface area contributed by atoms with Crippen LogP contribution in [0.1, 0.15) is 32.6 Å². The summed E-state index contributed by atoms with van der Waals surface area (Å²) >= 11 is 0. The highest BCUT2D eigenvalue weighted by molar-refractivity contribution is 5.69. The zero-order valence-electron chi connectivity index (χ0n) is 9.11. The van der Waals surface area contributed by atoms with Crippen molar-refractivity contribution in [1.29, 1.82) is 0 Å². The van der Waals surface area contributed by atoms with E-state index in [2.05, 4.69) is 11.2 Å². The second-order valence-corrected chi connectivity index (χ2v) is 3.36. The molecular weight excluding hydrogens is 192 g/mol. The molecule has 0 saturated heterocycles. The van der Waals surface area contributed by atoms with Crippen LogP contribution in [0.5, 0.6) is 0 Å². The highest BCUT2D eigenvalue weighted by Crippen LogP contribution is 2.03. The molecule has 0 aliphatic carbocycles. The molecule has 1 radical (unpaired) electrons. The van der Waals surface area contributed by atoms with Crippen molar-refractivity contribution in [1.82, 2.24) is 9.55 Å². The number of unbranched alkanes of at least 4 members (excludes halogenated alkanes) is 2. The van der Waals surface area contributed by atoms with E-state index < -0.39 is 0 Å². The quantitative estimate of drug-likeness (QED) is 0.508. The third-order valence-electron chi connectivity index (χ3n) is 2.11. The van der Waals surface area contributed by atoms with Crippen molar-refractivity contribution >= 4 is 5.97 Å². The zero-order valence-corrected chi connectivity index (χ0v) is 9.11. The number of nitrogens with zero attached hydrogens (tertiary/aromatic N) is 2. The fraction of sp³-hybridized carbons (Fsp3) is 0.636. The summed E-state index contributed by atoms with van der Waals surface area (Å²) < 4.78 is 6.83. The van der Waals surface area contributed by atoms with Crippen LogP contribution in [0.4, 0.5) is 0 Å². The number of imidazole rings is 1. The van der Waals surface area contributed by atoms with Gasteiger partial charge in [0.2, 0.25) is 0 Å². The molecule has 4 nitrogen and oxygen atoms in total. The zero-order chi connectivity index (χ0) is 10.9. The van der Waals surface area contributed by atoms with Crippen LogP contribution in [0, 0.1) is 6.20 Å². The first-order chi connectivity index (χ1) is 7.33. The highest BCUT2D eigenvalue weighted by atomic mass is 16.5. The van der Waals surface area contributed by atoms with Gasteiger partial charge in [-0.05, 0) is 19.8 Å². The lowest BCUT2D eigenvalue weighted by molar-refractivity contribution is -0.143. The van der Waals surface area contributed by atoms with Crippen LogP contribution in [0.15, 0.2) is 12.5 Å². The Balaban J connectivity index is 1.95. The van der Waals surface area contributed by atoms with E-state index in [0.717, 1.165) is 25.8 Å². The van der Waals surface area contributed by atoms with Crippen molar-refractivity contribution in [3.8, 4) is 0 Å². The van der Waals surface area contributed by atoms with Crippen LogP contribution < -0.4 is 0 Å². The summed E-state index contributed by atoms with van der Waals surface area (Å²) in [5.41, 5.74) is 0. The fourth-order valence-corrected chi connectivity index (χ4v) is 1.34. The van der Waals surface area contributed by atoms with Crippen LogP contribution >= 0.6 is 0 Å². The summed E-state index contributed by atoms with van der Waals surface area (Å²) in [6, 6.07) is 0. The monoisotopic (exact) mass is 209 g/mol. The first kappa shape index (κ1) is 11.8. The van der Waals surface area contributed by atoms with E-state index in [9.17, 15) is 4.79 Å². The molecule has 1 aromatic rings. The number of carbonyl (C=O) groups excluding carboxylic acids is 1. The molecule has 83 valence electrons. The number of aryl methyl sites for hydroxylation is 1. The number of hydrogen-bond donors (Lipinski definition) is 0. The van der Waals surface area contributed by atoms with E-state index in [1.807, 2.05) is 17.7 Å². The van der Waals surface area contributed by atoms with Crippen LogP contribution in [0.2, 0.25) is 0 Å². The van der Waals surface area contributed by atoms with Gasteiger partial charge in [-0.15, -0.1) is 0 Å². The van der Waals surface area contributed by atoms with E-state index >= 15 is 0 Å². The van der Waals surface area contributed by atoms with Crippen molar-refractivity contribution in [2.75, 3.05) is 6.61 Å². The summed E-state index contributed by atoms with van der Waals surface area (Å²) in [4.78, 5) is 14.8. The molecule has 0 unspecified atom stereocenters. The largest absolute Gasteiger partial charge is 0.466 e. The lowest BCUT2D eigenvalue weighted by atomic mass is 10.2. The van der Waals surface area contributed by atoms with Gasteiger partial charge in [0, 0.05) is 19.2 Å². The van der Waals surface area contributed by atoms with Gasteiger partial charge in [0.25, 0.3) is 0 Å². The first-order valence-corrected chi connectivity index (χ1v) is 5.36. The summed E-state index contributed by atoms with van der Waals surface area (Å²) in [5.74, 6) is -0.0894. The first-order valence-electron chi connectivity index (χ1n) is 5.36. The molecule has 1 heterocycles. The van der Waals surface area contributed by atoms with Gasteiger partial charge in [-0.25, -0.2) is 4.98 Å². The Morgan fingerprint density at radius 3 is 3.00 bits per heavy atom.